The van der Waals surface area contributed by atoms with Crippen molar-refractivity contribution in [1.82, 2.24) is 15.1 Å². The van der Waals surface area contributed by atoms with Crippen molar-refractivity contribution in [1.29, 1.82) is 0 Å². The Morgan fingerprint density at radius 2 is 1.68 bits per heavy atom. The molecule has 6 nitrogen and oxygen atoms in total. The van der Waals surface area contributed by atoms with Gasteiger partial charge in [-0.05, 0) is 62.8 Å². The highest BCUT2D eigenvalue weighted by atomic mass is 16.4. The molecule has 2 aliphatic rings. The summed E-state index contributed by atoms with van der Waals surface area (Å²) in [6.45, 7) is 5.54. The van der Waals surface area contributed by atoms with Crippen LogP contribution in [0, 0.1) is 13.8 Å². The van der Waals surface area contributed by atoms with Crippen molar-refractivity contribution < 1.29 is 9.21 Å². The third-order valence-electron chi connectivity index (χ3n) is 5.27. The average molecular weight is 340 g/mol. The fourth-order valence-electron chi connectivity index (χ4n) is 3.26. The zero-order valence-electron chi connectivity index (χ0n) is 14.8. The fraction of sp³-hybridized carbons (Fsp3) is 0.526. The lowest BCUT2D eigenvalue weighted by atomic mass is 9.97. The summed E-state index contributed by atoms with van der Waals surface area (Å²) in [5.41, 5.74) is 3.25. The molecule has 1 N–H and O–H groups in total. The lowest BCUT2D eigenvalue weighted by Gasteiger charge is -2.30. The lowest BCUT2D eigenvalue weighted by Crippen LogP contribution is -2.40. The van der Waals surface area contributed by atoms with Gasteiger partial charge in [0, 0.05) is 30.6 Å². The number of hydrogen-bond acceptors (Lipinski definition) is 4. The number of benzene rings is 1. The number of carbonyl (C=O) groups is 1. The van der Waals surface area contributed by atoms with Gasteiger partial charge in [0.15, 0.2) is 0 Å². The van der Waals surface area contributed by atoms with E-state index in [1.54, 1.807) is 0 Å². The predicted octanol–water partition coefficient (Wildman–Crippen LogP) is 3.98. The standard InChI is InChI=1S/C19H24N4O2/c1-12-3-6-16(11-13(12)2)20-19(24)23-9-7-15(8-10-23)18-22-21-17(25-18)14-4-5-14/h3,6,11,14-15H,4-5,7-10H2,1-2H3,(H,20,24). The van der Waals surface area contributed by atoms with Crippen molar-refractivity contribution >= 4 is 11.7 Å². The number of piperidine rings is 1. The summed E-state index contributed by atoms with van der Waals surface area (Å²) in [5, 5.41) is 11.4. The zero-order chi connectivity index (χ0) is 17.4. The second-order valence-electron chi connectivity index (χ2n) is 7.24. The summed E-state index contributed by atoms with van der Waals surface area (Å²) >= 11 is 0. The van der Waals surface area contributed by atoms with E-state index in [0.717, 1.165) is 30.3 Å². The van der Waals surface area contributed by atoms with Crippen molar-refractivity contribution in [2.75, 3.05) is 18.4 Å². The highest BCUT2D eigenvalue weighted by Gasteiger charge is 2.32. The molecular formula is C19H24N4O2. The molecule has 2 fully saturated rings. The van der Waals surface area contributed by atoms with Crippen molar-refractivity contribution in [2.24, 2.45) is 0 Å². The third kappa shape index (κ3) is 3.52. The molecule has 0 spiro atoms. The molecule has 1 saturated carbocycles. The van der Waals surface area contributed by atoms with Crippen LogP contribution in [0.3, 0.4) is 0 Å². The Kier molecular flexibility index (Phi) is 4.19. The maximum atomic E-state index is 12.5. The highest BCUT2D eigenvalue weighted by molar-refractivity contribution is 5.89. The number of hydrogen-bond donors (Lipinski definition) is 1. The molecule has 0 radical (unpaired) electrons. The molecule has 2 heterocycles. The number of amides is 2. The van der Waals surface area contributed by atoms with Crippen LogP contribution in [0.1, 0.15) is 60.4 Å². The summed E-state index contributed by atoms with van der Waals surface area (Å²) < 4.78 is 5.82. The number of carbonyl (C=O) groups excluding carboxylic acids is 1. The molecule has 2 amide bonds. The zero-order valence-corrected chi connectivity index (χ0v) is 14.8. The Balaban J connectivity index is 1.32. The molecule has 1 aromatic heterocycles. The van der Waals surface area contributed by atoms with Crippen molar-refractivity contribution in [3.8, 4) is 0 Å². The molecule has 1 saturated heterocycles. The van der Waals surface area contributed by atoms with Gasteiger partial charge < -0.3 is 14.6 Å². The van der Waals surface area contributed by atoms with E-state index in [1.165, 1.54) is 24.0 Å². The van der Waals surface area contributed by atoms with E-state index in [4.69, 9.17) is 4.42 Å². The third-order valence-corrected chi connectivity index (χ3v) is 5.27. The quantitative estimate of drug-likeness (QED) is 0.917. The predicted molar refractivity (Wildman–Crippen MR) is 94.8 cm³/mol. The normalized spacial score (nSPS) is 18.4. The minimum atomic E-state index is -0.0362. The molecule has 1 aliphatic heterocycles. The largest absolute Gasteiger partial charge is 0.425 e. The Morgan fingerprint density at radius 1 is 1.04 bits per heavy atom. The summed E-state index contributed by atoms with van der Waals surface area (Å²) in [4.78, 5) is 14.3. The molecule has 0 atom stereocenters. The maximum absolute atomic E-state index is 12.5. The van der Waals surface area contributed by atoms with Gasteiger partial charge in [-0.15, -0.1) is 10.2 Å². The first kappa shape index (κ1) is 16.1. The van der Waals surface area contributed by atoms with Crippen molar-refractivity contribution in [3.63, 3.8) is 0 Å². The molecule has 25 heavy (non-hydrogen) atoms. The van der Waals surface area contributed by atoms with Gasteiger partial charge in [0.05, 0.1) is 0 Å². The van der Waals surface area contributed by atoms with Gasteiger partial charge >= 0.3 is 6.03 Å². The van der Waals surface area contributed by atoms with E-state index in [-0.39, 0.29) is 11.9 Å². The minimum Gasteiger partial charge on any atom is -0.425 e. The molecule has 132 valence electrons. The minimum absolute atomic E-state index is 0.0362. The molecule has 4 rings (SSSR count). The topological polar surface area (TPSA) is 71.3 Å². The van der Waals surface area contributed by atoms with E-state index < -0.39 is 0 Å². The monoisotopic (exact) mass is 340 g/mol. The first-order valence-corrected chi connectivity index (χ1v) is 9.06. The second-order valence-corrected chi connectivity index (χ2v) is 7.24. The van der Waals surface area contributed by atoms with Crippen LogP contribution in [0.25, 0.3) is 0 Å². The van der Waals surface area contributed by atoms with Crippen molar-refractivity contribution in [2.45, 2.75) is 51.4 Å². The van der Waals surface area contributed by atoms with E-state index in [0.29, 0.717) is 19.0 Å². The Labute approximate surface area is 147 Å². The number of anilines is 1. The van der Waals surface area contributed by atoms with E-state index >= 15 is 0 Å². The maximum Gasteiger partial charge on any atom is 0.321 e. The van der Waals surface area contributed by atoms with Gasteiger partial charge in [-0.2, -0.15) is 0 Å². The summed E-state index contributed by atoms with van der Waals surface area (Å²) in [7, 11) is 0. The van der Waals surface area contributed by atoms with Crippen LogP contribution in [0.4, 0.5) is 10.5 Å². The number of nitrogens with one attached hydrogen (secondary N) is 1. The number of nitrogens with zero attached hydrogens (tertiary/aromatic N) is 3. The molecular weight excluding hydrogens is 316 g/mol. The molecule has 6 heteroatoms. The van der Waals surface area contributed by atoms with Gasteiger partial charge in [0.2, 0.25) is 11.8 Å². The summed E-state index contributed by atoms with van der Waals surface area (Å²) in [6.07, 6.45) is 4.07. The number of aromatic nitrogens is 2. The Hall–Kier alpha value is -2.37. The lowest BCUT2D eigenvalue weighted by molar-refractivity contribution is 0.189. The van der Waals surface area contributed by atoms with Crippen LogP contribution in [0.5, 0.6) is 0 Å². The van der Waals surface area contributed by atoms with Crippen LogP contribution < -0.4 is 5.32 Å². The second kappa shape index (κ2) is 6.50. The summed E-state index contributed by atoms with van der Waals surface area (Å²) in [5.74, 6) is 2.30. The highest BCUT2D eigenvalue weighted by Crippen LogP contribution is 2.40. The summed E-state index contributed by atoms with van der Waals surface area (Å²) in [6, 6.07) is 5.96. The van der Waals surface area contributed by atoms with Gasteiger partial charge in [0.1, 0.15) is 0 Å². The van der Waals surface area contributed by atoms with Gasteiger partial charge in [-0.25, -0.2) is 4.79 Å². The van der Waals surface area contributed by atoms with Crippen LogP contribution in [-0.4, -0.2) is 34.2 Å². The molecule has 1 aromatic carbocycles. The molecule has 0 unspecified atom stereocenters. The fourth-order valence-corrected chi connectivity index (χ4v) is 3.26. The van der Waals surface area contributed by atoms with Gasteiger partial charge in [0.25, 0.3) is 0 Å². The van der Waals surface area contributed by atoms with E-state index in [1.807, 2.05) is 23.1 Å². The van der Waals surface area contributed by atoms with E-state index in [2.05, 4.69) is 29.4 Å². The van der Waals surface area contributed by atoms with Crippen molar-refractivity contribution in [3.05, 3.63) is 41.1 Å². The van der Waals surface area contributed by atoms with Gasteiger partial charge in [-0.1, -0.05) is 6.07 Å². The number of aryl methyl sites for hydroxylation is 2. The molecule has 2 aromatic rings. The number of rotatable bonds is 3. The Morgan fingerprint density at radius 3 is 2.28 bits per heavy atom. The SMILES string of the molecule is Cc1ccc(NC(=O)N2CCC(c3nnc(C4CC4)o3)CC2)cc1C. The van der Waals surface area contributed by atoms with Crippen LogP contribution >= 0.6 is 0 Å². The number of urea groups is 1. The molecule has 1 aliphatic carbocycles. The molecule has 0 bridgehead atoms. The smallest absolute Gasteiger partial charge is 0.321 e. The average Bonchev–Trinajstić information content (AvgIpc) is 3.35. The first-order valence-electron chi connectivity index (χ1n) is 9.06. The van der Waals surface area contributed by atoms with Crippen LogP contribution in [0.15, 0.2) is 22.6 Å². The Bertz CT molecular complexity index is 773. The van der Waals surface area contributed by atoms with Crippen LogP contribution in [-0.2, 0) is 0 Å². The first-order chi connectivity index (χ1) is 12.1. The van der Waals surface area contributed by atoms with E-state index in [9.17, 15) is 4.79 Å². The number of likely N-dealkylation sites (tertiary alicyclic amines) is 1. The van der Waals surface area contributed by atoms with Crippen LogP contribution in [0.2, 0.25) is 0 Å². The van der Waals surface area contributed by atoms with Gasteiger partial charge in [-0.3, -0.25) is 0 Å².